The third-order valence-corrected chi connectivity index (χ3v) is 4.65. The normalized spacial score (nSPS) is 32.6. The first-order valence-corrected chi connectivity index (χ1v) is 6.92. The smallest absolute Gasteiger partial charge is 0.132 e. The maximum Gasteiger partial charge on any atom is 0.132 e. The topological polar surface area (TPSA) is 17.1 Å². The summed E-state index contributed by atoms with van der Waals surface area (Å²) in [7, 11) is 0. The highest BCUT2D eigenvalue weighted by molar-refractivity contribution is 5.79. The Kier molecular flexibility index (Phi) is 4.20. The van der Waals surface area contributed by atoms with Crippen LogP contribution in [0, 0.1) is 17.8 Å². The third-order valence-electron chi connectivity index (χ3n) is 4.65. The molecule has 0 saturated heterocycles. The molecule has 1 heteroatoms. The summed E-state index contributed by atoms with van der Waals surface area (Å²) in [5, 5.41) is 0. The molecule has 0 heterocycles. The maximum atomic E-state index is 11.2. The van der Waals surface area contributed by atoms with Crippen LogP contribution in [-0.2, 0) is 4.79 Å². The standard InChI is InChI=1S/C15H24O/c1-2-3-12-4-6-13(7-5-12)14-8-10-15(16)11-9-14/h2,12-14H,1,3-11H2/t12-,13-. The lowest BCUT2D eigenvalue weighted by Crippen LogP contribution is -2.25. The van der Waals surface area contributed by atoms with Crippen molar-refractivity contribution in [2.24, 2.45) is 17.8 Å². The van der Waals surface area contributed by atoms with Gasteiger partial charge in [-0.05, 0) is 62.7 Å². The van der Waals surface area contributed by atoms with Gasteiger partial charge < -0.3 is 0 Å². The molecule has 2 rings (SSSR count). The van der Waals surface area contributed by atoms with Gasteiger partial charge in [0.15, 0.2) is 0 Å². The van der Waals surface area contributed by atoms with Crippen LogP contribution in [-0.4, -0.2) is 5.78 Å². The highest BCUT2D eigenvalue weighted by Gasteiger charge is 2.29. The lowest BCUT2D eigenvalue weighted by molar-refractivity contribution is -0.121. The molecule has 16 heavy (non-hydrogen) atoms. The summed E-state index contributed by atoms with van der Waals surface area (Å²) in [4.78, 5) is 11.2. The van der Waals surface area contributed by atoms with Crippen molar-refractivity contribution in [1.82, 2.24) is 0 Å². The van der Waals surface area contributed by atoms with Crippen LogP contribution in [0.2, 0.25) is 0 Å². The average molecular weight is 220 g/mol. The van der Waals surface area contributed by atoms with Crippen LogP contribution in [0.4, 0.5) is 0 Å². The van der Waals surface area contributed by atoms with E-state index < -0.39 is 0 Å². The first kappa shape index (κ1) is 11.9. The van der Waals surface area contributed by atoms with Gasteiger partial charge in [0.2, 0.25) is 0 Å². The van der Waals surface area contributed by atoms with E-state index in [0.717, 1.165) is 30.6 Å². The van der Waals surface area contributed by atoms with Crippen molar-refractivity contribution in [3.8, 4) is 0 Å². The fourth-order valence-corrected chi connectivity index (χ4v) is 3.56. The summed E-state index contributed by atoms with van der Waals surface area (Å²) in [6.07, 6.45) is 12.9. The van der Waals surface area contributed by atoms with Gasteiger partial charge in [-0.2, -0.15) is 0 Å². The van der Waals surface area contributed by atoms with Gasteiger partial charge in [0.25, 0.3) is 0 Å². The molecular formula is C15H24O. The highest BCUT2D eigenvalue weighted by atomic mass is 16.1. The Morgan fingerprint density at radius 2 is 1.56 bits per heavy atom. The van der Waals surface area contributed by atoms with Gasteiger partial charge in [0.1, 0.15) is 5.78 Å². The molecule has 0 unspecified atom stereocenters. The summed E-state index contributed by atoms with van der Waals surface area (Å²) in [6.45, 7) is 3.83. The summed E-state index contributed by atoms with van der Waals surface area (Å²) in [6, 6.07) is 0. The summed E-state index contributed by atoms with van der Waals surface area (Å²) in [5.41, 5.74) is 0. The van der Waals surface area contributed by atoms with E-state index in [-0.39, 0.29) is 0 Å². The Bertz CT molecular complexity index is 238. The van der Waals surface area contributed by atoms with E-state index in [1.165, 1.54) is 44.9 Å². The maximum absolute atomic E-state index is 11.2. The van der Waals surface area contributed by atoms with Crippen molar-refractivity contribution in [2.45, 2.75) is 57.8 Å². The molecule has 0 aromatic carbocycles. The molecule has 0 spiro atoms. The Balaban J connectivity index is 1.76. The van der Waals surface area contributed by atoms with E-state index in [2.05, 4.69) is 12.7 Å². The number of rotatable bonds is 3. The number of hydrogen-bond donors (Lipinski definition) is 0. The molecule has 2 aliphatic rings. The van der Waals surface area contributed by atoms with Crippen LogP contribution in [0.5, 0.6) is 0 Å². The van der Waals surface area contributed by atoms with Crippen molar-refractivity contribution < 1.29 is 4.79 Å². The first-order valence-electron chi connectivity index (χ1n) is 6.92. The largest absolute Gasteiger partial charge is 0.300 e. The molecule has 0 atom stereocenters. The molecule has 2 aliphatic carbocycles. The van der Waals surface area contributed by atoms with Crippen molar-refractivity contribution in [1.29, 1.82) is 0 Å². The summed E-state index contributed by atoms with van der Waals surface area (Å²) in [5.74, 6) is 3.19. The molecular weight excluding hydrogens is 196 g/mol. The minimum atomic E-state index is 0.497. The predicted octanol–water partition coefficient (Wildman–Crippen LogP) is 4.13. The van der Waals surface area contributed by atoms with Crippen LogP contribution in [0.3, 0.4) is 0 Å². The number of ketones is 1. The molecule has 0 aliphatic heterocycles. The summed E-state index contributed by atoms with van der Waals surface area (Å²) >= 11 is 0. The molecule has 2 fully saturated rings. The number of Topliss-reactive ketones (excluding diaryl/α,β-unsaturated/α-hetero) is 1. The van der Waals surface area contributed by atoms with Crippen LogP contribution in [0.15, 0.2) is 12.7 Å². The van der Waals surface area contributed by atoms with Crippen molar-refractivity contribution in [2.75, 3.05) is 0 Å². The van der Waals surface area contributed by atoms with Gasteiger partial charge in [-0.1, -0.05) is 6.08 Å². The molecule has 0 aromatic rings. The molecule has 90 valence electrons. The summed E-state index contributed by atoms with van der Waals surface area (Å²) < 4.78 is 0. The quantitative estimate of drug-likeness (QED) is 0.654. The first-order chi connectivity index (χ1) is 7.79. The second kappa shape index (κ2) is 5.65. The van der Waals surface area contributed by atoms with Gasteiger partial charge in [-0.3, -0.25) is 4.79 Å². The molecule has 0 aromatic heterocycles. The number of allylic oxidation sites excluding steroid dienone is 1. The van der Waals surface area contributed by atoms with Crippen LogP contribution in [0.25, 0.3) is 0 Å². The Labute approximate surface area is 99.3 Å². The SMILES string of the molecule is C=CC[C@H]1CC[C@H](C2CCC(=O)CC2)CC1. The number of carbonyl (C=O) groups is 1. The fourth-order valence-electron chi connectivity index (χ4n) is 3.56. The number of carbonyl (C=O) groups excluding carboxylic acids is 1. The third kappa shape index (κ3) is 2.96. The second-order valence-corrected chi connectivity index (χ2v) is 5.68. The minimum Gasteiger partial charge on any atom is -0.300 e. The van der Waals surface area contributed by atoms with Crippen molar-refractivity contribution in [3.63, 3.8) is 0 Å². The Morgan fingerprint density at radius 3 is 2.12 bits per heavy atom. The van der Waals surface area contributed by atoms with E-state index >= 15 is 0 Å². The van der Waals surface area contributed by atoms with Gasteiger partial charge >= 0.3 is 0 Å². The van der Waals surface area contributed by atoms with E-state index in [1.807, 2.05) is 0 Å². The van der Waals surface area contributed by atoms with Crippen LogP contribution in [0.1, 0.15) is 57.8 Å². The van der Waals surface area contributed by atoms with Crippen LogP contribution < -0.4 is 0 Å². The van der Waals surface area contributed by atoms with E-state index in [9.17, 15) is 4.79 Å². The lowest BCUT2D eigenvalue weighted by atomic mass is 9.70. The molecule has 1 nitrogen and oxygen atoms in total. The average Bonchev–Trinajstić information content (AvgIpc) is 2.32. The van der Waals surface area contributed by atoms with Gasteiger partial charge in [-0.15, -0.1) is 6.58 Å². The zero-order chi connectivity index (χ0) is 11.4. The minimum absolute atomic E-state index is 0.497. The Hall–Kier alpha value is -0.590. The zero-order valence-corrected chi connectivity index (χ0v) is 10.3. The highest BCUT2D eigenvalue weighted by Crippen LogP contribution is 2.40. The van der Waals surface area contributed by atoms with Crippen molar-refractivity contribution in [3.05, 3.63) is 12.7 Å². The molecule has 0 bridgehead atoms. The fraction of sp³-hybridized carbons (Fsp3) is 0.800. The number of hydrogen-bond acceptors (Lipinski definition) is 1. The predicted molar refractivity (Wildman–Crippen MR) is 67.2 cm³/mol. The molecule has 2 saturated carbocycles. The van der Waals surface area contributed by atoms with Gasteiger partial charge in [-0.25, -0.2) is 0 Å². The van der Waals surface area contributed by atoms with Crippen molar-refractivity contribution >= 4 is 5.78 Å². The van der Waals surface area contributed by atoms with Crippen LogP contribution >= 0.6 is 0 Å². The van der Waals surface area contributed by atoms with E-state index in [4.69, 9.17) is 0 Å². The van der Waals surface area contributed by atoms with Gasteiger partial charge in [0, 0.05) is 12.8 Å². The molecule has 0 N–H and O–H groups in total. The van der Waals surface area contributed by atoms with E-state index in [0.29, 0.717) is 5.78 Å². The van der Waals surface area contributed by atoms with E-state index in [1.54, 1.807) is 0 Å². The van der Waals surface area contributed by atoms with Gasteiger partial charge in [0.05, 0.1) is 0 Å². The Morgan fingerprint density at radius 1 is 1.00 bits per heavy atom. The second-order valence-electron chi connectivity index (χ2n) is 5.68. The lowest BCUT2D eigenvalue weighted by Gasteiger charge is -2.35. The monoisotopic (exact) mass is 220 g/mol. The zero-order valence-electron chi connectivity index (χ0n) is 10.3. The molecule has 0 amide bonds. The molecule has 0 radical (unpaired) electrons.